The first kappa shape index (κ1) is 12.8. The van der Waals surface area contributed by atoms with E-state index in [4.69, 9.17) is 4.74 Å². The molecule has 0 unspecified atom stereocenters. The molecule has 0 bridgehead atoms. The van der Waals surface area contributed by atoms with Crippen LogP contribution in [0.1, 0.15) is 12.5 Å². The Bertz CT molecular complexity index is 325. The van der Waals surface area contributed by atoms with Crippen LogP contribution in [0.15, 0.2) is 24.3 Å². The van der Waals surface area contributed by atoms with Gasteiger partial charge in [0.05, 0.1) is 12.2 Å². The van der Waals surface area contributed by atoms with Crippen LogP contribution in [-0.2, 0) is 10.9 Å². The molecule has 0 radical (unpaired) electrons. The number of rotatable bonds is 5. The Labute approximate surface area is 92.4 Å². The van der Waals surface area contributed by atoms with Crippen molar-refractivity contribution in [1.29, 1.82) is 0 Å². The maximum Gasteiger partial charge on any atom is 0.418 e. The predicted molar refractivity (Wildman–Crippen MR) is 56.4 cm³/mol. The van der Waals surface area contributed by atoms with Gasteiger partial charge in [0.15, 0.2) is 0 Å². The van der Waals surface area contributed by atoms with Gasteiger partial charge >= 0.3 is 6.18 Å². The van der Waals surface area contributed by atoms with E-state index in [0.29, 0.717) is 19.8 Å². The molecule has 0 aliphatic carbocycles. The lowest BCUT2D eigenvalue weighted by Crippen LogP contribution is -2.14. The van der Waals surface area contributed by atoms with Crippen LogP contribution in [0, 0.1) is 0 Å². The molecule has 0 spiro atoms. The number of alkyl halides is 3. The molecule has 0 amide bonds. The molecule has 5 heteroatoms. The van der Waals surface area contributed by atoms with Gasteiger partial charge in [-0.25, -0.2) is 0 Å². The van der Waals surface area contributed by atoms with Crippen molar-refractivity contribution < 1.29 is 17.9 Å². The van der Waals surface area contributed by atoms with Gasteiger partial charge < -0.3 is 10.1 Å². The first-order chi connectivity index (χ1) is 7.55. The molecule has 2 nitrogen and oxygen atoms in total. The standard InChI is InChI=1S/C11H14F3NO/c1-2-16-8-7-15-10-6-4-3-5-9(10)11(12,13)14/h3-6,15H,2,7-8H2,1H3. The zero-order valence-corrected chi connectivity index (χ0v) is 8.97. The van der Waals surface area contributed by atoms with Crippen LogP contribution in [-0.4, -0.2) is 19.8 Å². The predicted octanol–water partition coefficient (Wildman–Crippen LogP) is 3.15. The van der Waals surface area contributed by atoms with Gasteiger partial charge in [0.2, 0.25) is 0 Å². The summed E-state index contributed by atoms with van der Waals surface area (Å²) in [6.45, 7) is 3.15. The molecule has 0 atom stereocenters. The molecule has 16 heavy (non-hydrogen) atoms. The third kappa shape index (κ3) is 3.73. The van der Waals surface area contributed by atoms with Crippen molar-refractivity contribution in [2.75, 3.05) is 25.1 Å². The van der Waals surface area contributed by atoms with Crippen LogP contribution >= 0.6 is 0 Å². The van der Waals surface area contributed by atoms with E-state index < -0.39 is 11.7 Å². The Morgan fingerprint density at radius 1 is 1.25 bits per heavy atom. The third-order valence-electron chi connectivity index (χ3n) is 2.00. The summed E-state index contributed by atoms with van der Waals surface area (Å²) in [6, 6.07) is 5.41. The number of halogens is 3. The van der Waals surface area contributed by atoms with E-state index in [1.807, 2.05) is 6.92 Å². The number of benzene rings is 1. The average Bonchev–Trinajstić information content (AvgIpc) is 2.24. The molecule has 1 aromatic carbocycles. The molecular weight excluding hydrogens is 219 g/mol. The highest BCUT2D eigenvalue weighted by Gasteiger charge is 2.32. The molecule has 0 aromatic heterocycles. The summed E-state index contributed by atoms with van der Waals surface area (Å²) in [4.78, 5) is 0. The van der Waals surface area contributed by atoms with Crippen molar-refractivity contribution in [3.63, 3.8) is 0 Å². The topological polar surface area (TPSA) is 21.3 Å². The summed E-state index contributed by atoms with van der Waals surface area (Å²) in [7, 11) is 0. The Balaban J connectivity index is 2.65. The number of anilines is 1. The van der Waals surface area contributed by atoms with E-state index in [1.54, 1.807) is 6.07 Å². The van der Waals surface area contributed by atoms with Crippen LogP contribution in [0.5, 0.6) is 0 Å². The number of ether oxygens (including phenoxy) is 1. The maximum atomic E-state index is 12.6. The Hall–Kier alpha value is -1.23. The van der Waals surface area contributed by atoms with Crippen LogP contribution in [0.3, 0.4) is 0 Å². The minimum absolute atomic E-state index is 0.0923. The van der Waals surface area contributed by atoms with E-state index in [-0.39, 0.29) is 5.69 Å². The van der Waals surface area contributed by atoms with Crippen molar-refractivity contribution in [1.82, 2.24) is 0 Å². The molecule has 0 fully saturated rings. The third-order valence-corrected chi connectivity index (χ3v) is 2.00. The molecular formula is C11H14F3NO. The van der Waals surface area contributed by atoms with Gasteiger partial charge in [-0.2, -0.15) is 13.2 Å². The second kappa shape index (κ2) is 5.75. The molecule has 1 aromatic rings. The van der Waals surface area contributed by atoms with Crippen molar-refractivity contribution in [3.8, 4) is 0 Å². The quantitative estimate of drug-likeness (QED) is 0.789. The number of para-hydroxylation sites is 1. The van der Waals surface area contributed by atoms with Gasteiger partial charge in [0.25, 0.3) is 0 Å². The first-order valence-corrected chi connectivity index (χ1v) is 5.03. The molecule has 1 rings (SSSR count). The lowest BCUT2D eigenvalue weighted by Gasteiger charge is -2.14. The second-order valence-electron chi connectivity index (χ2n) is 3.17. The van der Waals surface area contributed by atoms with Crippen molar-refractivity contribution in [3.05, 3.63) is 29.8 Å². The highest BCUT2D eigenvalue weighted by atomic mass is 19.4. The van der Waals surface area contributed by atoms with Crippen LogP contribution in [0.4, 0.5) is 18.9 Å². The fraction of sp³-hybridized carbons (Fsp3) is 0.455. The molecule has 0 saturated heterocycles. The highest BCUT2D eigenvalue weighted by molar-refractivity contribution is 5.52. The fourth-order valence-corrected chi connectivity index (χ4v) is 1.29. The van der Waals surface area contributed by atoms with Crippen LogP contribution in [0.2, 0.25) is 0 Å². The van der Waals surface area contributed by atoms with E-state index >= 15 is 0 Å². The molecule has 0 aliphatic heterocycles. The van der Waals surface area contributed by atoms with Gasteiger partial charge in [-0.15, -0.1) is 0 Å². The monoisotopic (exact) mass is 233 g/mol. The summed E-state index contributed by atoms with van der Waals surface area (Å²) in [6.07, 6.45) is -4.32. The molecule has 1 N–H and O–H groups in total. The molecule has 0 saturated carbocycles. The maximum absolute atomic E-state index is 12.6. The average molecular weight is 233 g/mol. The van der Waals surface area contributed by atoms with E-state index in [9.17, 15) is 13.2 Å². The lowest BCUT2D eigenvalue weighted by atomic mass is 10.1. The van der Waals surface area contributed by atoms with Gasteiger partial charge in [0, 0.05) is 18.8 Å². The number of nitrogens with one attached hydrogen (secondary N) is 1. The summed E-state index contributed by atoms with van der Waals surface area (Å²) in [5, 5.41) is 2.71. The number of hydrogen-bond donors (Lipinski definition) is 1. The summed E-state index contributed by atoms with van der Waals surface area (Å²) in [5.74, 6) is 0. The van der Waals surface area contributed by atoms with Crippen LogP contribution < -0.4 is 5.32 Å². The largest absolute Gasteiger partial charge is 0.418 e. The van der Waals surface area contributed by atoms with Gasteiger partial charge in [0.1, 0.15) is 0 Å². The Morgan fingerprint density at radius 2 is 1.94 bits per heavy atom. The molecule has 90 valence electrons. The minimum atomic E-state index is -4.32. The first-order valence-electron chi connectivity index (χ1n) is 5.03. The zero-order valence-electron chi connectivity index (χ0n) is 8.97. The summed E-state index contributed by atoms with van der Waals surface area (Å²) in [5.41, 5.74) is -0.554. The van der Waals surface area contributed by atoms with Gasteiger partial charge in [-0.05, 0) is 19.1 Å². The smallest absolute Gasteiger partial charge is 0.382 e. The van der Waals surface area contributed by atoms with Crippen molar-refractivity contribution in [2.45, 2.75) is 13.1 Å². The van der Waals surface area contributed by atoms with Crippen molar-refractivity contribution >= 4 is 5.69 Å². The van der Waals surface area contributed by atoms with E-state index in [0.717, 1.165) is 6.07 Å². The Kier molecular flexibility index (Phi) is 4.61. The molecule has 0 aliphatic rings. The Morgan fingerprint density at radius 3 is 2.56 bits per heavy atom. The second-order valence-corrected chi connectivity index (χ2v) is 3.17. The van der Waals surface area contributed by atoms with Gasteiger partial charge in [-0.1, -0.05) is 12.1 Å². The van der Waals surface area contributed by atoms with Crippen LogP contribution in [0.25, 0.3) is 0 Å². The lowest BCUT2D eigenvalue weighted by molar-refractivity contribution is -0.137. The summed E-state index contributed by atoms with van der Waals surface area (Å²) < 4.78 is 42.7. The van der Waals surface area contributed by atoms with E-state index in [1.165, 1.54) is 12.1 Å². The van der Waals surface area contributed by atoms with Gasteiger partial charge in [-0.3, -0.25) is 0 Å². The number of hydrogen-bond acceptors (Lipinski definition) is 2. The zero-order chi connectivity index (χ0) is 12.0. The SMILES string of the molecule is CCOCCNc1ccccc1C(F)(F)F. The fourth-order valence-electron chi connectivity index (χ4n) is 1.29. The van der Waals surface area contributed by atoms with E-state index in [2.05, 4.69) is 5.32 Å². The molecule has 0 heterocycles. The minimum Gasteiger partial charge on any atom is -0.382 e. The highest BCUT2D eigenvalue weighted by Crippen LogP contribution is 2.34. The van der Waals surface area contributed by atoms with Crippen molar-refractivity contribution in [2.24, 2.45) is 0 Å². The summed E-state index contributed by atoms with van der Waals surface area (Å²) >= 11 is 0. The normalized spacial score (nSPS) is 11.5.